The summed E-state index contributed by atoms with van der Waals surface area (Å²) in [5.74, 6) is 0. The fraction of sp³-hybridized carbons (Fsp3) is 0.467. The molecule has 0 radical (unpaired) electrons. The number of hydrogen-bond donors (Lipinski definition) is 2. The number of nitrogens with one attached hydrogen (secondary N) is 2. The number of aromatic amines is 2. The summed E-state index contributed by atoms with van der Waals surface area (Å²) in [5.41, 5.74) is -0.331. The van der Waals surface area contributed by atoms with E-state index in [0.717, 1.165) is 12.8 Å². The van der Waals surface area contributed by atoms with Crippen LogP contribution in [0.3, 0.4) is 0 Å². The van der Waals surface area contributed by atoms with Crippen LogP contribution in [0.15, 0.2) is 26.6 Å². The topological polar surface area (TPSA) is 103 Å². The Labute approximate surface area is 134 Å². The minimum Gasteiger partial charge on any atom is -0.316 e. The Morgan fingerprint density at radius 3 is 1.91 bits per heavy atom. The molecule has 0 aliphatic carbocycles. The molecule has 0 saturated heterocycles. The Hall–Kier alpha value is -1.93. The van der Waals surface area contributed by atoms with E-state index in [1.54, 1.807) is 13.0 Å². The summed E-state index contributed by atoms with van der Waals surface area (Å²) in [4.78, 5) is 27.9. The van der Waals surface area contributed by atoms with E-state index in [9.17, 15) is 18.0 Å². The monoisotopic (exact) mass is 339 g/mol. The van der Waals surface area contributed by atoms with Crippen molar-refractivity contribution in [2.24, 2.45) is 0 Å². The van der Waals surface area contributed by atoms with Crippen molar-refractivity contribution in [3.63, 3.8) is 0 Å². The molecule has 2 aromatic rings. The van der Waals surface area contributed by atoms with E-state index in [0.29, 0.717) is 29.7 Å². The number of fused-ring (bicyclic) bond motifs is 1. The first-order valence-electron chi connectivity index (χ1n) is 7.58. The molecule has 0 amide bonds. The zero-order valence-electron chi connectivity index (χ0n) is 13.5. The Morgan fingerprint density at radius 2 is 1.43 bits per heavy atom. The molecule has 0 bridgehead atoms. The van der Waals surface area contributed by atoms with Gasteiger partial charge in [0.2, 0.25) is 10.0 Å². The number of sulfonamides is 1. The van der Waals surface area contributed by atoms with E-state index in [-0.39, 0.29) is 4.90 Å². The lowest BCUT2D eigenvalue weighted by molar-refractivity contribution is 0.409. The van der Waals surface area contributed by atoms with Crippen molar-refractivity contribution in [2.75, 3.05) is 13.1 Å². The van der Waals surface area contributed by atoms with Gasteiger partial charge in [0.1, 0.15) is 0 Å². The smallest absolute Gasteiger partial charge is 0.314 e. The van der Waals surface area contributed by atoms with Crippen molar-refractivity contribution in [1.29, 1.82) is 0 Å². The lowest BCUT2D eigenvalue weighted by Crippen LogP contribution is -2.33. The molecule has 0 fully saturated rings. The first kappa shape index (κ1) is 17.4. The second kappa shape index (κ2) is 6.67. The Balaban J connectivity index is 2.66. The Bertz CT molecular complexity index is 922. The minimum absolute atomic E-state index is 0.148. The summed E-state index contributed by atoms with van der Waals surface area (Å²) < 4.78 is 27.2. The molecule has 0 unspecified atom stereocenters. The van der Waals surface area contributed by atoms with Crippen LogP contribution >= 0.6 is 0 Å². The van der Waals surface area contributed by atoms with Crippen LogP contribution in [-0.2, 0) is 10.0 Å². The molecule has 0 aliphatic rings. The number of H-pyrrole nitrogens is 2. The lowest BCUT2D eigenvalue weighted by Gasteiger charge is -2.22. The van der Waals surface area contributed by atoms with E-state index in [4.69, 9.17) is 0 Å². The van der Waals surface area contributed by atoms with Crippen molar-refractivity contribution in [1.82, 2.24) is 14.3 Å². The van der Waals surface area contributed by atoms with E-state index in [2.05, 4.69) is 9.97 Å². The van der Waals surface area contributed by atoms with Crippen LogP contribution in [0.5, 0.6) is 0 Å². The fourth-order valence-corrected chi connectivity index (χ4v) is 4.38. The summed E-state index contributed by atoms with van der Waals surface area (Å²) in [6, 6.07) is 2.98. The van der Waals surface area contributed by atoms with Gasteiger partial charge in [0, 0.05) is 13.1 Å². The second-order valence-corrected chi connectivity index (χ2v) is 7.38. The minimum atomic E-state index is -3.65. The largest absolute Gasteiger partial charge is 0.316 e. The third kappa shape index (κ3) is 3.37. The Morgan fingerprint density at radius 1 is 0.957 bits per heavy atom. The molecule has 0 saturated carbocycles. The van der Waals surface area contributed by atoms with Gasteiger partial charge in [-0.25, -0.2) is 8.42 Å². The molecule has 23 heavy (non-hydrogen) atoms. The maximum atomic E-state index is 12.9. The van der Waals surface area contributed by atoms with Gasteiger partial charge in [0.25, 0.3) is 0 Å². The fourth-order valence-electron chi connectivity index (χ4n) is 2.52. The van der Waals surface area contributed by atoms with E-state index in [1.165, 1.54) is 10.4 Å². The molecule has 8 heteroatoms. The second-order valence-electron chi connectivity index (χ2n) is 5.48. The van der Waals surface area contributed by atoms with Crippen LogP contribution in [-0.4, -0.2) is 35.8 Å². The Kier molecular flexibility index (Phi) is 5.06. The van der Waals surface area contributed by atoms with Crippen molar-refractivity contribution in [3.05, 3.63) is 38.4 Å². The SMILES string of the molecule is CCCN(CCC)S(=O)(=O)c1cc2[nH]c(=O)c(=O)[nH]c2cc1C. The van der Waals surface area contributed by atoms with Crippen LogP contribution in [0.25, 0.3) is 11.0 Å². The highest BCUT2D eigenvalue weighted by atomic mass is 32.2. The molecule has 126 valence electrons. The molecule has 0 atom stereocenters. The van der Waals surface area contributed by atoms with Crippen molar-refractivity contribution >= 4 is 21.1 Å². The highest BCUT2D eigenvalue weighted by Crippen LogP contribution is 2.23. The third-order valence-electron chi connectivity index (χ3n) is 3.58. The summed E-state index contributed by atoms with van der Waals surface area (Å²) in [6.45, 7) is 6.40. The van der Waals surface area contributed by atoms with E-state index < -0.39 is 21.1 Å². The molecular formula is C15H21N3O4S. The standard InChI is InChI=1S/C15H21N3O4S/c1-4-6-18(7-5-2)23(21,22)13-9-12-11(8-10(13)3)16-14(19)15(20)17-12/h8-9H,4-7H2,1-3H3,(H,16,19)(H,17,20). The van der Waals surface area contributed by atoms with Gasteiger partial charge in [-0.2, -0.15) is 4.31 Å². The first-order valence-corrected chi connectivity index (χ1v) is 9.02. The number of aryl methyl sites for hydroxylation is 1. The summed E-state index contributed by atoms with van der Waals surface area (Å²) in [6.07, 6.45) is 1.44. The van der Waals surface area contributed by atoms with Gasteiger partial charge >= 0.3 is 11.1 Å². The maximum Gasteiger partial charge on any atom is 0.314 e. The highest BCUT2D eigenvalue weighted by molar-refractivity contribution is 7.89. The quantitative estimate of drug-likeness (QED) is 0.775. The molecule has 7 nitrogen and oxygen atoms in total. The first-order chi connectivity index (χ1) is 10.8. The van der Waals surface area contributed by atoms with Gasteiger partial charge in [-0.1, -0.05) is 13.8 Å². The van der Waals surface area contributed by atoms with Gasteiger partial charge in [0.15, 0.2) is 0 Å². The van der Waals surface area contributed by atoms with E-state index >= 15 is 0 Å². The van der Waals surface area contributed by atoms with Crippen molar-refractivity contribution < 1.29 is 8.42 Å². The average molecular weight is 339 g/mol. The maximum absolute atomic E-state index is 12.9. The number of nitrogens with zero attached hydrogens (tertiary/aromatic N) is 1. The third-order valence-corrected chi connectivity index (χ3v) is 5.62. The normalized spacial score (nSPS) is 12.2. The van der Waals surface area contributed by atoms with Crippen molar-refractivity contribution in [2.45, 2.75) is 38.5 Å². The molecule has 0 aliphatic heterocycles. The van der Waals surface area contributed by atoms with Crippen LogP contribution < -0.4 is 11.1 Å². The summed E-state index contributed by atoms with van der Waals surface area (Å²) >= 11 is 0. The molecule has 1 heterocycles. The zero-order chi connectivity index (χ0) is 17.2. The van der Waals surface area contributed by atoms with Gasteiger partial charge < -0.3 is 9.97 Å². The summed E-state index contributed by atoms with van der Waals surface area (Å²) in [7, 11) is -3.65. The predicted molar refractivity (Wildman–Crippen MR) is 89.3 cm³/mol. The lowest BCUT2D eigenvalue weighted by atomic mass is 10.2. The molecule has 1 aromatic carbocycles. The molecular weight excluding hydrogens is 318 g/mol. The van der Waals surface area contributed by atoms with Gasteiger partial charge in [-0.05, 0) is 37.5 Å². The van der Waals surface area contributed by atoms with Crippen LogP contribution in [0.2, 0.25) is 0 Å². The van der Waals surface area contributed by atoms with E-state index in [1.807, 2.05) is 13.8 Å². The van der Waals surface area contributed by atoms with Crippen LogP contribution in [0.4, 0.5) is 0 Å². The molecule has 1 aromatic heterocycles. The zero-order valence-corrected chi connectivity index (χ0v) is 14.3. The van der Waals surface area contributed by atoms with Crippen LogP contribution in [0.1, 0.15) is 32.3 Å². The molecule has 0 spiro atoms. The number of benzene rings is 1. The highest BCUT2D eigenvalue weighted by Gasteiger charge is 2.25. The number of aromatic nitrogens is 2. The number of hydrogen-bond acceptors (Lipinski definition) is 4. The molecule has 2 rings (SSSR count). The summed E-state index contributed by atoms with van der Waals surface area (Å²) in [5, 5.41) is 0. The van der Waals surface area contributed by atoms with Gasteiger partial charge in [0.05, 0.1) is 15.9 Å². The van der Waals surface area contributed by atoms with Crippen LogP contribution in [0, 0.1) is 6.92 Å². The predicted octanol–water partition coefficient (Wildman–Crippen LogP) is 1.34. The van der Waals surface area contributed by atoms with Gasteiger partial charge in [-0.3, -0.25) is 9.59 Å². The average Bonchev–Trinajstić information content (AvgIpc) is 2.48. The number of rotatable bonds is 6. The van der Waals surface area contributed by atoms with Gasteiger partial charge in [-0.15, -0.1) is 0 Å². The molecule has 2 N–H and O–H groups in total. The van der Waals surface area contributed by atoms with Crippen molar-refractivity contribution in [3.8, 4) is 0 Å².